The van der Waals surface area contributed by atoms with E-state index in [1.165, 1.54) is 0 Å². The van der Waals surface area contributed by atoms with Crippen LogP contribution in [0.25, 0.3) is 28.1 Å². The van der Waals surface area contributed by atoms with E-state index in [0.717, 1.165) is 0 Å². The monoisotopic (exact) mass is 964 g/mol. The van der Waals surface area contributed by atoms with Crippen LogP contribution in [0.5, 0.6) is 11.5 Å². The van der Waals surface area contributed by atoms with E-state index >= 15 is 0 Å². The summed E-state index contributed by atoms with van der Waals surface area (Å²) in [6.45, 7) is 6.30. The average Bonchev–Trinajstić information content (AvgIpc) is 3.66. The van der Waals surface area contributed by atoms with Crippen molar-refractivity contribution < 1.29 is 53.5 Å². The Labute approximate surface area is 397 Å². The molecule has 3 aromatic carbocycles. The molecular formula is C46H54Cl2N8O11. The van der Waals surface area contributed by atoms with Crippen LogP contribution in [0.2, 0.25) is 10.0 Å². The van der Waals surface area contributed by atoms with Gasteiger partial charge in [-0.3, -0.25) is 43.6 Å². The summed E-state index contributed by atoms with van der Waals surface area (Å²) < 4.78 is 19.6. The second-order valence-corrected chi connectivity index (χ2v) is 18.2. The number of amides is 2. The highest BCUT2D eigenvalue weighted by atomic mass is 35.5. The van der Waals surface area contributed by atoms with Gasteiger partial charge in [0.05, 0.1) is 63.4 Å². The number of rotatable bonds is 13. The molecule has 21 heteroatoms. The van der Waals surface area contributed by atoms with Gasteiger partial charge in [0.1, 0.15) is 18.1 Å². The number of aromatic nitrogens is 2. The second-order valence-electron chi connectivity index (χ2n) is 17.3. The fraction of sp³-hybridized carbons (Fsp3) is 0.435. The topological polar surface area (TPSA) is 220 Å². The molecule has 0 spiro atoms. The Morgan fingerprint density at radius 2 is 1.31 bits per heavy atom. The largest absolute Gasteiger partial charge is 0.496 e. The highest BCUT2D eigenvalue weighted by molar-refractivity contribution is 6.34. The summed E-state index contributed by atoms with van der Waals surface area (Å²) >= 11 is 13.0. The number of hydrogen-bond acceptors (Lipinski definition) is 13. The number of hydrogen-bond donors (Lipinski definition) is 4. The fourth-order valence-corrected chi connectivity index (χ4v) is 9.12. The first-order valence-corrected chi connectivity index (χ1v) is 22.5. The lowest BCUT2D eigenvalue weighted by Gasteiger charge is -2.41. The number of benzene rings is 3. The summed E-state index contributed by atoms with van der Waals surface area (Å²) in [5.74, 6) is -2.77. The summed E-state index contributed by atoms with van der Waals surface area (Å²) in [5, 5.41) is 37.4. The van der Waals surface area contributed by atoms with Crippen molar-refractivity contribution in [3.8, 4) is 39.6 Å². The molecule has 0 bridgehead atoms. The molecule has 3 aliphatic heterocycles. The second kappa shape index (κ2) is 21.4. The third kappa shape index (κ3) is 12.2. The molecule has 358 valence electrons. The molecule has 2 amide bonds. The first-order valence-electron chi connectivity index (χ1n) is 21.8. The number of anilines is 1. The smallest absolute Gasteiger partial charge is 0.317 e. The standard InChI is InChI=1S/C46H54Cl2N8O11/c1-46(2)28-66-16-15-55(46)45(64)43-36-27-67-38-22-37(65-3)34(21-35(38)44(36)56(50-43)33-19-30(47)18-31(48)20-33)29-5-4-6-32(17-29)49-39(57)23-51-7-9-52(24-40(58)59)11-13-54(26-42(62)63)14-12-53(10-8-51)25-41(60)61/h4-6,17-22H,7-16,23-28H2,1-3H3,(H,49,57)(H,58,59)(H,60,61)(H,62,63). The minimum atomic E-state index is -1.04. The number of halogens is 2. The number of aliphatic carboxylic acids is 3. The number of nitrogens with one attached hydrogen (secondary N) is 1. The van der Waals surface area contributed by atoms with Crippen LogP contribution in [-0.4, -0.2) is 190 Å². The predicted molar refractivity (Wildman–Crippen MR) is 249 cm³/mol. The van der Waals surface area contributed by atoms with Gasteiger partial charge in [-0.05, 0) is 55.8 Å². The van der Waals surface area contributed by atoms with Crippen LogP contribution in [0.1, 0.15) is 29.9 Å². The molecule has 1 aromatic heterocycles. The molecule has 0 saturated carbocycles. The molecule has 2 fully saturated rings. The van der Waals surface area contributed by atoms with Crippen LogP contribution in [-0.2, 0) is 30.5 Å². The number of carboxylic acids is 3. The Bertz CT molecular complexity index is 2470. The van der Waals surface area contributed by atoms with Crippen LogP contribution < -0.4 is 14.8 Å². The average molecular weight is 966 g/mol. The molecule has 4 aromatic rings. The van der Waals surface area contributed by atoms with Crippen molar-refractivity contribution in [2.24, 2.45) is 0 Å². The van der Waals surface area contributed by atoms with Gasteiger partial charge in [0, 0.05) is 97.4 Å². The van der Waals surface area contributed by atoms with Crippen molar-refractivity contribution in [2.45, 2.75) is 26.0 Å². The molecule has 0 unspecified atom stereocenters. The molecule has 67 heavy (non-hydrogen) atoms. The minimum Gasteiger partial charge on any atom is -0.496 e. The van der Waals surface area contributed by atoms with Gasteiger partial charge in [-0.1, -0.05) is 35.3 Å². The minimum absolute atomic E-state index is 0.0457. The number of morpholine rings is 1. The lowest BCUT2D eigenvalue weighted by Crippen LogP contribution is -2.55. The molecule has 19 nitrogen and oxygen atoms in total. The van der Waals surface area contributed by atoms with Gasteiger partial charge in [-0.2, -0.15) is 5.10 Å². The molecule has 0 atom stereocenters. The first-order chi connectivity index (χ1) is 32.0. The molecule has 3 aliphatic rings. The maximum atomic E-state index is 14.4. The number of carbonyl (C=O) groups excluding carboxylic acids is 2. The number of fused-ring (bicyclic) bond motifs is 3. The number of ether oxygens (including phenoxy) is 3. The molecule has 4 heterocycles. The zero-order valence-electron chi connectivity index (χ0n) is 37.5. The highest BCUT2D eigenvalue weighted by Gasteiger charge is 2.39. The van der Waals surface area contributed by atoms with Crippen molar-refractivity contribution in [1.29, 1.82) is 0 Å². The Morgan fingerprint density at radius 3 is 1.85 bits per heavy atom. The van der Waals surface area contributed by atoms with Gasteiger partial charge in [0.2, 0.25) is 5.91 Å². The summed E-state index contributed by atoms with van der Waals surface area (Å²) in [6, 6.07) is 15.9. The Hall–Kier alpha value is -5.80. The molecule has 2 saturated heterocycles. The zero-order chi connectivity index (χ0) is 48.0. The Morgan fingerprint density at radius 1 is 0.746 bits per heavy atom. The van der Waals surface area contributed by atoms with E-state index in [2.05, 4.69) is 5.32 Å². The normalized spacial score (nSPS) is 17.5. The van der Waals surface area contributed by atoms with Gasteiger partial charge >= 0.3 is 17.9 Å². The summed E-state index contributed by atoms with van der Waals surface area (Å²) in [7, 11) is 1.54. The molecule has 0 aliphatic carbocycles. The van der Waals surface area contributed by atoms with Crippen molar-refractivity contribution in [1.82, 2.24) is 34.3 Å². The number of carbonyl (C=O) groups is 5. The lowest BCUT2D eigenvalue weighted by atomic mass is 9.95. The van der Waals surface area contributed by atoms with Crippen LogP contribution in [0.4, 0.5) is 5.69 Å². The van der Waals surface area contributed by atoms with Gasteiger partial charge in [-0.15, -0.1) is 0 Å². The van der Waals surface area contributed by atoms with Crippen molar-refractivity contribution in [3.63, 3.8) is 0 Å². The van der Waals surface area contributed by atoms with Crippen LogP contribution in [0.3, 0.4) is 0 Å². The number of methoxy groups -OCH3 is 1. The lowest BCUT2D eigenvalue weighted by molar-refractivity contribution is -0.140. The third-order valence-corrected chi connectivity index (χ3v) is 12.4. The molecule has 0 radical (unpaired) electrons. The van der Waals surface area contributed by atoms with Gasteiger partial charge in [0.15, 0.2) is 5.69 Å². The maximum absolute atomic E-state index is 14.4. The van der Waals surface area contributed by atoms with E-state index in [-0.39, 0.29) is 103 Å². The first kappa shape index (κ1) is 49.1. The van der Waals surface area contributed by atoms with Crippen molar-refractivity contribution in [3.05, 3.63) is 75.9 Å². The number of nitrogens with zero attached hydrogens (tertiary/aromatic N) is 7. The maximum Gasteiger partial charge on any atom is 0.317 e. The third-order valence-electron chi connectivity index (χ3n) is 11.9. The molecule has 7 rings (SSSR count). The zero-order valence-corrected chi connectivity index (χ0v) is 39.0. The Kier molecular flexibility index (Phi) is 15.7. The molecular weight excluding hydrogens is 911 g/mol. The summed E-state index contributed by atoms with van der Waals surface area (Å²) in [4.78, 5) is 72.0. The van der Waals surface area contributed by atoms with Crippen LogP contribution in [0.15, 0.2) is 54.6 Å². The quantitative estimate of drug-likeness (QED) is 0.148. The van der Waals surface area contributed by atoms with E-state index in [4.69, 9.17) is 42.5 Å². The van der Waals surface area contributed by atoms with E-state index < -0.39 is 23.4 Å². The van der Waals surface area contributed by atoms with Crippen LogP contribution in [0, 0.1) is 0 Å². The fourth-order valence-electron chi connectivity index (χ4n) is 8.61. The van der Waals surface area contributed by atoms with E-state index in [9.17, 15) is 39.3 Å². The van der Waals surface area contributed by atoms with Gasteiger partial charge < -0.3 is 39.7 Å². The van der Waals surface area contributed by atoms with E-state index in [1.54, 1.807) is 73.9 Å². The van der Waals surface area contributed by atoms with Gasteiger partial charge in [0.25, 0.3) is 5.91 Å². The van der Waals surface area contributed by atoms with E-state index in [0.29, 0.717) is 80.6 Å². The van der Waals surface area contributed by atoms with Crippen molar-refractivity contribution in [2.75, 3.05) is 111 Å². The summed E-state index contributed by atoms with van der Waals surface area (Å²) in [5.41, 5.74) is 3.78. The predicted octanol–water partition coefficient (Wildman–Crippen LogP) is 4.08. The van der Waals surface area contributed by atoms with Crippen LogP contribution >= 0.6 is 23.2 Å². The summed E-state index contributed by atoms with van der Waals surface area (Å²) in [6.07, 6.45) is 0. The van der Waals surface area contributed by atoms with E-state index in [1.807, 2.05) is 30.9 Å². The number of carboxylic acid groups (broad SMARTS) is 3. The highest BCUT2D eigenvalue weighted by Crippen LogP contribution is 2.47. The Balaban J connectivity index is 1.17. The SMILES string of the molecule is COc1cc2c(cc1-c1cccc(NC(=O)CN3CCN(CC(=O)O)CCN(CC(=O)O)CCN(CC(=O)O)CC3)c1)-c1c(c(C(=O)N3CCOCC3(C)C)nn1-c1cc(Cl)cc(Cl)c1)CO2. The molecule has 4 N–H and O–H groups in total. The van der Waals surface area contributed by atoms with Gasteiger partial charge in [-0.25, -0.2) is 4.68 Å². The van der Waals surface area contributed by atoms with Crippen molar-refractivity contribution >= 4 is 58.6 Å².